The highest BCUT2D eigenvalue weighted by atomic mass is 35.5. The first kappa shape index (κ1) is 16.0. The summed E-state index contributed by atoms with van der Waals surface area (Å²) in [4.78, 5) is 12.1. The molecule has 116 valence electrons. The number of benzene rings is 1. The Bertz CT molecular complexity index is 543. The number of hydrogen-bond donors (Lipinski definition) is 2. The summed E-state index contributed by atoms with van der Waals surface area (Å²) < 4.78 is 5.10. The van der Waals surface area contributed by atoms with E-state index in [0.29, 0.717) is 28.6 Å². The SMILES string of the molecule is CCOC(=O)c1cc(N)cc(Cl)c1NC1CCCC1(C)C. The molecule has 1 saturated carbocycles. The van der Waals surface area contributed by atoms with Crippen molar-refractivity contribution < 1.29 is 9.53 Å². The minimum absolute atomic E-state index is 0.177. The molecule has 0 aromatic heterocycles. The van der Waals surface area contributed by atoms with E-state index < -0.39 is 5.97 Å². The second-order valence-corrected chi connectivity index (χ2v) is 6.63. The number of esters is 1. The maximum absolute atomic E-state index is 12.1. The zero-order valence-corrected chi connectivity index (χ0v) is 13.6. The molecular weight excluding hydrogens is 288 g/mol. The average Bonchev–Trinajstić information content (AvgIpc) is 2.71. The van der Waals surface area contributed by atoms with Crippen LogP contribution >= 0.6 is 11.6 Å². The molecule has 0 heterocycles. The molecule has 1 atom stereocenters. The lowest BCUT2D eigenvalue weighted by atomic mass is 9.87. The molecule has 0 saturated heterocycles. The monoisotopic (exact) mass is 310 g/mol. The summed E-state index contributed by atoms with van der Waals surface area (Å²) in [5.74, 6) is -0.398. The number of carbonyl (C=O) groups excluding carboxylic acids is 1. The summed E-state index contributed by atoms with van der Waals surface area (Å²) >= 11 is 6.30. The van der Waals surface area contributed by atoms with Crippen LogP contribution in [0, 0.1) is 5.41 Å². The second kappa shape index (κ2) is 6.14. The molecule has 1 fully saturated rings. The largest absolute Gasteiger partial charge is 0.462 e. The number of ether oxygens (including phenoxy) is 1. The van der Waals surface area contributed by atoms with Crippen LogP contribution in [-0.4, -0.2) is 18.6 Å². The molecular formula is C16H23ClN2O2. The molecule has 1 aromatic carbocycles. The molecule has 5 heteroatoms. The molecule has 2 rings (SSSR count). The van der Waals surface area contributed by atoms with Crippen LogP contribution in [0.5, 0.6) is 0 Å². The maximum atomic E-state index is 12.1. The first-order chi connectivity index (χ1) is 9.85. The molecule has 0 bridgehead atoms. The Morgan fingerprint density at radius 1 is 1.52 bits per heavy atom. The van der Waals surface area contributed by atoms with Gasteiger partial charge >= 0.3 is 5.97 Å². The Balaban J connectivity index is 2.35. The number of anilines is 2. The van der Waals surface area contributed by atoms with Gasteiger partial charge in [-0.25, -0.2) is 4.79 Å². The minimum atomic E-state index is -0.398. The van der Waals surface area contributed by atoms with Crippen molar-refractivity contribution in [1.29, 1.82) is 0 Å². The van der Waals surface area contributed by atoms with E-state index in [1.807, 2.05) is 0 Å². The van der Waals surface area contributed by atoms with Crippen LogP contribution in [-0.2, 0) is 4.74 Å². The third kappa shape index (κ3) is 3.43. The van der Waals surface area contributed by atoms with E-state index in [4.69, 9.17) is 22.1 Å². The Hall–Kier alpha value is -1.42. The summed E-state index contributed by atoms with van der Waals surface area (Å²) in [6, 6.07) is 3.56. The van der Waals surface area contributed by atoms with Crippen molar-refractivity contribution in [3.05, 3.63) is 22.7 Å². The molecule has 1 aliphatic carbocycles. The van der Waals surface area contributed by atoms with E-state index in [2.05, 4.69) is 19.2 Å². The van der Waals surface area contributed by atoms with Crippen molar-refractivity contribution in [2.75, 3.05) is 17.7 Å². The van der Waals surface area contributed by atoms with Crippen LogP contribution in [0.3, 0.4) is 0 Å². The predicted molar refractivity (Wildman–Crippen MR) is 86.9 cm³/mol. The van der Waals surface area contributed by atoms with Crippen LogP contribution in [0.4, 0.5) is 11.4 Å². The van der Waals surface area contributed by atoms with Gasteiger partial charge < -0.3 is 15.8 Å². The van der Waals surface area contributed by atoms with Crippen LogP contribution in [0.25, 0.3) is 0 Å². The van der Waals surface area contributed by atoms with E-state index in [1.54, 1.807) is 19.1 Å². The third-order valence-electron chi connectivity index (χ3n) is 4.18. The van der Waals surface area contributed by atoms with Crippen molar-refractivity contribution in [1.82, 2.24) is 0 Å². The topological polar surface area (TPSA) is 64.3 Å². The fourth-order valence-electron chi connectivity index (χ4n) is 2.91. The zero-order valence-electron chi connectivity index (χ0n) is 12.8. The lowest BCUT2D eigenvalue weighted by molar-refractivity contribution is 0.0527. The number of nitrogens with two attached hydrogens (primary N) is 1. The lowest BCUT2D eigenvalue weighted by Crippen LogP contribution is -2.31. The highest BCUT2D eigenvalue weighted by Crippen LogP contribution is 2.41. The fraction of sp³-hybridized carbons (Fsp3) is 0.562. The molecule has 3 N–H and O–H groups in total. The molecule has 0 spiro atoms. The van der Waals surface area contributed by atoms with E-state index in [9.17, 15) is 4.79 Å². The zero-order chi connectivity index (χ0) is 15.6. The van der Waals surface area contributed by atoms with Crippen LogP contribution in [0.15, 0.2) is 12.1 Å². The first-order valence-corrected chi connectivity index (χ1v) is 7.75. The number of halogens is 1. The van der Waals surface area contributed by atoms with E-state index in [1.165, 1.54) is 6.42 Å². The van der Waals surface area contributed by atoms with Gasteiger partial charge in [-0.05, 0) is 37.3 Å². The van der Waals surface area contributed by atoms with E-state index >= 15 is 0 Å². The van der Waals surface area contributed by atoms with Gasteiger partial charge in [-0.1, -0.05) is 31.9 Å². The van der Waals surface area contributed by atoms with Crippen molar-refractivity contribution in [3.63, 3.8) is 0 Å². The number of rotatable bonds is 4. The quantitative estimate of drug-likeness (QED) is 0.649. The van der Waals surface area contributed by atoms with Gasteiger partial charge in [0.25, 0.3) is 0 Å². The molecule has 1 aromatic rings. The molecule has 21 heavy (non-hydrogen) atoms. The van der Waals surface area contributed by atoms with Gasteiger partial charge in [-0.2, -0.15) is 0 Å². The smallest absolute Gasteiger partial charge is 0.340 e. The van der Waals surface area contributed by atoms with Gasteiger partial charge in [0.1, 0.15) is 0 Å². The van der Waals surface area contributed by atoms with Gasteiger partial charge in [-0.15, -0.1) is 0 Å². The fourth-order valence-corrected chi connectivity index (χ4v) is 3.20. The van der Waals surface area contributed by atoms with Crippen molar-refractivity contribution >= 4 is 28.9 Å². The first-order valence-electron chi connectivity index (χ1n) is 7.38. The molecule has 0 aliphatic heterocycles. The highest BCUT2D eigenvalue weighted by Gasteiger charge is 2.35. The van der Waals surface area contributed by atoms with Crippen molar-refractivity contribution in [2.24, 2.45) is 5.41 Å². The second-order valence-electron chi connectivity index (χ2n) is 6.22. The summed E-state index contributed by atoms with van der Waals surface area (Å²) in [5, 5.41) is 3.91. The summed E-state index contributed by atoms with van der Waals surface area (Å²) in [5.41, 5.74) is 7.47. The predicted octanol–water partition coefficient (Wildman–Crippen LogP) is 4.09. The Kier molecular flexibility index (Phi) is 4.67. The normalized spacial score (nSPS) is 20.3. The number of hydrogen-bond acceptors (Lipinski definition) is 4. The molecule has 0 amide bonds. The van der Waals surface area contributed by atoms with Crippen LogP contribution in [0.1, 0.15) is 50.4 Å². The molecule has 1 aliphatic rings. The van der Waals surface area contributed by atoms with Gasteiger partial charge in [0.05, 0.1) is 22.9 Å². The molecule has 4 nitrogen and oxygen atoms in total. The minimum Gasteiger partial charge on any atom is -0.462 e. The number of nitrogens with one attached hydrogen (secondary N) is 1. The Labute approximate surface area is 131 Å². The number of carbonyl (C=O) groups is 1. The summed E-state index contributed by atoms with van der Waals surface area (Å²) in [6.07, 6.45) is 3.40. The highest BCUT2D eigenvalue weighted by molar-refractivity contribution is 6.34. The average molecular weight is 311 g/mol. The maximum Gasteiger partial charge on any atom is 0.340 e. The lowest BCUT2D eigenvalue weighted by Gasteiger charge is -2.30. The van der Waals surface area contributed by atoms with E-state index in [0.717, 1.165) is 12.8 Å². The van der Waals surface area contributed by atoms with Gasteiger partial charge in [0.2, 0.25) is 0 Å². The summed E-state index contributed by atoms with van der Waals surface area (Å²) in [7, 11) is 0. The Morgan fingerprint density at radius 3 is 2.81 bits per heavy atom. The van der Waals surface area contributed by atoms with E-state index in [-0.39, 0.29) is 11.5 Å². The van der Waals surface area contributed by atoms with Gasteiger partial charge in [-0.3, -0.25) is 0 Å². The third-order valence-corrected chi connectivity index (χ3v) is 4.48. The van der Waals surface area contributed by atoms with Gasteiger partial charge in [0.15, 0.2) is 0 Å². The molecule has 1 unspecified atom stereocenters. The van der Waals surface area contributed by atoms with Crippen LogP contribution < -0.4 is 11.1 Å². The van der Waals surface area contributed by atoms with Crippen molar-refractivity contribution in [2.45, 2.75) is 46.1 Å². The number of nitrogen functional groups attached to an aromatic ring is 1. The van der Waals surface area contributed by atoms with Crippen molar-refractivity contribution in [3.8, 4) is 0 Å². The molecule has 0 radical (unpaired) electrons. The standard InChI is InChI=1S/C16H23ClN2O2/c1-4-21-15(20)11-8-10(18)9-12(17)14(11)19-13-6-5-7-16(13,2)3/h8-9,13,19H,4-7,18H2,1-3H3. The van der Waals surface area contributed by atoms with Crippen LogP contribution in [0.2, 0.25) is 5.02 Å². The van der Waals surface area contributed by atoms with Gasteiger partial charge in [0, 0.05) is 11.7 Å². The Morgan fingerprint density at radius 2 is 2.24 bits per heavy atom. The summed E-state index contributed by atoms with van der Waals surface area (Å²) in [6.45, 7) is 6.55.